The Morgan fingerprint density at radius 3 is 2.75 bits per heavy atom. The third-order valence-electron chi connectivity index (χ3n) is 3.88. The fraction of sp³-hybridized carbons (Fsp3) is 0.692. The largest absolute Gasteiger partial charge is 0.377 e. The van der Waals surface area contributed by atoms with Gasteiger partial charge in [-0.05, 0) is 12.8 Å². The number of rotatable bonds is 3. The average molecular weight is 298 g/mol. The maximum atomic E-state index is 5.93. The van der Waals surface area contributed by atoms with E-state index in [0.29, 0.717) is 11.3 Å². The zero-order chi connectivity index (χ0) is 13.9. The number of nitrogen functional groups attached to an aromatic ring is 1. The van der Waals surface area contributed by atoms with Gasteiger partial charge in [-0.3, -0.25) is 4.90 Å². The molecule has 0 aliphatic carbocycles. The highest BCUT2D eigenvalue weighted by Gasteiger charge is 2.23. The van der Waals surface area contributed by atoms with Gasteiger partial charge in [-0.25, -0.2) is 4.98 Å². The third kappa shape index (κ3) is 3.31. The predicted octanol–water partition coefficient (Wildman–Crippen LogP) is 1.01. The van der Waals surface area contributed by atoms with Crippen LogP contribution < -0.4 is 10.6 Å². The minimum Gasteiger partial charge on any atom is -0.377 e. The highest BCUT2D eigenvalue weighted by molar-refractivity contribution is 6.29. The molecule has 0 radical (unpaired) electrons. The molecule has 0 spiro atoms. The number of nitrogens with two attached hydrogens (primary N) is 1. The van der Waals surface area contributed by atoms with Gasteiger partial charge in [-0.1, -0.05) is 11.6 Å². The molecule has 3 rings (SSSR count). The SMILES string of the molecule is Nc1nc(Cl)cc(N2CCN(C[C@H]3CCCO3)CC2)n1. The summed E-state index contributed by atoms with van der Waals surface area (Å²) in [6.07, 6.45) is 2.81. The lowest BCUT2D eigenvalue weighted by atomic mass is 10.2. The van der Waals surface area contributed by atoms with Crippen molar-refractivity contribution < 1.29 is 4.74 Å². The van der Waals surface area contributed by atoms with Crippen LogP contribution in [0.3, 0.4) is 0 Å². The van der Waals surface area contributed by atoms with Gasteiger partial charge in [0.1, 0.15) is 11.0 Å². The minimum absolute atomic E-state index is 0.231. The van der Waals surface area contributed by atoms with Gasteiger partial charge in [0.25, 0.3) is 0 Å². The molecule has 1 atom stereocenters. The molecule has 110 valence electrons. The molecule has 2 aliphatic rings. The molecular weight excluding hydrogens is 278 g/mol. The molecule has 0 unspecified atom stereocenters. The van der Waals surface area contributed by atoms with Crippen LogP contribution in [-0.4, -0.2) is 60.3 Å². The molecule has 1 aromatic rings. The number of ether oxygens (including phenoxy) is 1. The van der Waals surface area contributed by atoms with Gasteiger partial charge >= 0.3 is 0 Å². The van der Waals surface area contributed by atoms with E-state index in [1.165, 1.54) is 12.8 Å². The maximum absolute atomic E-state index is 5.93. The van der Waals surface area contributed by atoms with Crippen LogP contribution in [0.1, 0.15) is 12.8 Å². The Bertz CT molecular complexity index is 438. The van der Waals surface area contributed by atoms with Crippen LogP contribution in [0.25, 0.3) is 0 Å². The Kier molecular flexibility index (Phi) is 4.24. The molecule has 7 heteroatoms. The van der Waals surface area contributed by atoms with Gasteiger partial charge in [-0.15, -0.1) is 0 Å². The van der Waals surface area contributed by atoms with E-state index >= 15 is 0 Å². The number of hydrogen-bond acceptors (Lipinski definition) is 6. The van der Waals surface area contributed by atoms with Crippen molar-refractivity contribution in [1.82, 2.24) is 14.9 Å². The zero-order valence-electron chi connectivity index (χ0n) is 11.5. The first-order valence-corrected chi connectivity index (χ1v) is 7.47. The summed E-state index contributed by atoms with van der Waals surface area (Å²) in [5.41, 5.74) is 5.64. The lowest BCUT2D eigenvalue weighted by Crippen LogP contribution is -2.48. The summed E-state index contributed by atoms with van der Waals surface area (Å²) >= 11 is 5.93. The van der Waals surface area contributed by atoms with E-state index in [9.17, 15) is 0 Å². The average Bonchev–Trinajstić information content (AvgIpc) is 2.91. The number of anilines is 2. The highest BCUT2D eigenvalue weighted by Crippen LogP contribution is 2.19. The van der Waals surface area contributed by atoms with Gasteiger partial charge < -0.3 is 15.4 Å². The number of piperazine rings is 1. The molecule has 6 nitrogen and oxygen atoms in total. The number of hydrogen-bond donors (Lipinski definition) is 1. The van der Waals surface area contributed by atoms with Crippen LogP contribution in [0.5, 0.6) is 0 Å². The monoisotopic (exact) mass is 297 g/mol. The second-order valence-corrected chi connectivity index (χ2v) is 5.72. The molecule has 20 heavy (non-hydrogen) atoms. The van der Waals surface area contributed by atoms with Crippen LogP contribution >= 0.6 is 11.6 Å². The molecule has 2 aliphatic heterocycles. The molecule has 2 N–H and O–H groups in total. The van der Waals surface area contributed by atoms with Crippen molar-refractivity contribution in [3.63, 3.8) is 0 Å². The van der Waals surface area contributed by atoms with E-state index in [4.69, 9.17) is 22.1 Å². The summed E-state index contributed by atoms with van der Waals surface area (Å²) in [5.74, 6) is 1.05. The summed E-state index contributed by atoms with van der Waals surface area (Å²) in [4.78, 5) is 12.8. The van der Waals surface area contributed by atoms with Crippen molar-refractivity contribution in [2.45, 2.75) is 18.9 Å². The lowest BCUT2D eigenvalue weighted by Gasteiger charge is -2.36. The third-order valence-corrected chi connectivity index (χ3v) is 4.07. The van der Waals surface area contributed by atoms with E-state index in [-0.39, 0.29) is 5.95 Å². The second-order valence-electron chi connectivity index (χ2n) is 5.33. The molecule has 0 bridgehead atoms. The normalized spacial score (nSPS) is 24.2. The van der Waals surface area contributed by atoms with E-state index in [1.807, 2.05) is 0 Å². The highest BCUT2D eigenvalue weighted by atomic mass is 35.5. The van der Waals surface area contributed by atoms with E-state index in [1.54, 1.807) is 6.07 Å². The first kappa shape index (κ1) is 13.9. The van der Waals surface area contributed by atoms with Gasteiger partial charge in [0.2, 0.25) is 5.95 Å². The van der Waals surface area contributed by atoms with Crippen LogP contribution in [0.15, 0.2) is 6.07 Å². The van der Waals surface area contributed by atoms with Crippen molar-refractivity contribution in [3.8, 4) is 0 Å². The summed E-state index contributed by atoms with van der Waals surface area (Å²) < 4.78 is 5.69. The van der Waals surface area contributed by atoms with Gasteiger partial charge in [0.05, 0.1) is 6.10 Å². The van der Waals surface area contributed by atoms with Crippen molar-refractivity contribution in [1.29, 1.82) is 0 Å². The van der Waals surface area contributed by atoms with Crippen LogP contribution in [-0.2, 0) is 4.74 Å². The first-order valence-electron chi connectivity index (χ1n) is 7.10. The molecule has 0 amide bonds. The smallest absolute Gasteiger partial charge is 0.223 e. The summed E-state index contributed by atoms with van der Waals surface area (Å²) in [5, 5.41) is 0.397. The van der Waals surface area contributed by atoms with E-state index in [2.05, 4.69) is 19.8 Å². The number of aromatic nitrogens is 2. The molecule has 2 saturated heterocycles. The topological polar surface area (TPSA) is 67.5 Å². The van der Waals surface area contributed by atoms with Crippen molar-refractivity contribution >= 4 is 23.4 Å². The van der Waals surface area contributed by atoms with Crippen molar-refractivity contribution in [3.05, 3.63) is 11.2 Å². The maximum Gasteiger partial charge on any atom is 0.223 e. The molecular formula is C13H20ClN5O. The standard InChI is InChI=1S/C13H20ClN5O/c14-11-8-12(17-13(15)16-11)19-5-3-18(4-6-19)9-10-2-1-7-20-10/h8,10H,1-7,9H2,(H2,15,16,17)/t10-/m1/s1. The molecule has 1 aromatic heterocycles. The molecule has 2 fully saturated rings. The molecule has 0 aromatic carbocycles. The zero-order valence-corrected chi connectivity index (χ0v) is 12.2. The van der Waals surface area contributed by atoms with Crippen molar-refractivity contribution in [2.24, 2.45) is 0 Å². The Morgan fingerprint density at radius 2 is 2.10 bits per heavy atom. The minimum atomic E-state index is 0.231. The quantitative estimate of drug-likeness (QED) is 0.840. The molecule has 3 heterocycles. The van der Waals surface area contributed by atoms with Gasteiger partial charge in [-0.2, -0.15) is 4.98 Å². The summed E-state index contributed by atoms with van der Waals surface area (Å²) in [6, 6.07) is 1.77. The first-order chi connectivity index (χ1) is 9.70. The van der Waals surface area contributed by atoms with Crippen molar-refractivity contribution in [2.75, 3.05) is 50.0 Å². The summed E-state index contributed by atoms with van der Waals surface area (Å²) in [7, 11) is 0. The van der Waals surface area contributed by atoms with Gasteiger partial charge in [0, 0.05) is 45.4 Å². The number of nitrogens with zero attached hydrogens (tertiary/aromatic N) is 4. The number of halogens is 1. The fourth-order valence-corrected chi connectivity index (χ4v) is 3.00. The Labute approximate surface area is 123 Å². The molecule has 0 saturated carbocycles. The Morgan fingerprint density at radius 1 is 1.30 bits per heavy atom. The Balaban J connectivity index is 1.55. The van der Waals surface area contributed by atoms with Crippen LogP contribution in [0.4, 0.5) is 11.8 Å². The summed E-state index contributed by atoms with van der Waals surface area (Å²) in [6.45, 7) is 5.85. The fourth-order valence-electron chi connectivity index (χ4n) is 2.82. The van der Waals surface area contributed by atoms with E-state index in [0.717, 1.165) is 45.1 Å². The van der Waals surface area contributed by atoms with Gasteiger partial charge in [0.15, 0.2) is 0 Å². The Hall–Kier alpha value is -1.11. The lowest BCUT2D eigenvalue weighted by molar-refractivity contribution is 0.0712. The van der Waals surface area contributed by atoms with E-state index < -0.39 is 0 Å². The second kappa shape index (κ2) is 6.11. The van der Waals surface area contributed by atoms with Crippen LogP contribution in [0.2, 0.25) is 5.15 Å². The predicted molar refractivity (Wildman–Crippen MR) is 79.1 cm³/mol. The van der Waals surface area contributed by atoms with Crippen LogP contribution in [0, 0.1) is 0 Å².